The molecular formula is C13H8Cl2N2O2. The molecule has 96 valence electrons. The third-order valence-electron chi connectivity index (χ3n) is 2.66. The van der Waals surface area contributed by atoms with Crippen molar-refractivity contribution in [1.82, 2.24) is 4.98 Å². The number of hydrogen-bond donors (Lipinski definition) is 2. The highest BCUT2D eigenvalue weighted by molar-refractivity contribution is 6.38. The van der Waals surface area contributed by atoms with Gasteiger partial charge in [0.1, 0.15) is 11.3 Å². The number of nitrogens with zero attached hydrogens (tertiary/aromatic N) is 1. The number of rotatable bonds is 1. The second-order valence-electron chi connectivity index (χ2n) is 4.03. The number of halogens is 2. The minimum absolute atomic E-state index is 0.00576. The molecule has 0 bridgehead atoms. The minimum atomic E-state index is -0.00576. The van der Waals surface area contributed by atoms with Crippen molar-refractivity contribution < 1.29 is 9.52 Å². The topological polar surface area (TPSA) is 72.3 Å². The maximum atomic E-state index is 9.85. The molecule has 3 N–H and O–H groups in total. The number of aromatic hydroxyl groups is 1. The van der Waals surface area contributed by atoms with Gasteiger partial charge in [-0.15, -0.1) is 0 Å². The van der Waals surface area contributed by atoms with Crippen LogP contribution in [0.3, 0.4) is 0 Å². The van der Waals surface area contributed by atoms with Crippen LogP contribution in [0, 0.1) is 0 Å². The molecule has 19 heavy (non-hydrogen) atoms. The van der Waals surface area contributed by atoms with Gasteiger partial charge in [-0.2, -0.15) is 0 Å². The summed E-state index contributed by atoms with van der Waals surface area (Å²) in [4.78, 5) is 4.26. The quantitative estimate of drug-likeness (QED) is 0.663. The van der Waals surface area contributed by atoms with E-state index in [9.17, 15) is 5.11 Å². The second-order valence-corrected chi connectivity index (χ2v) is 4.88. The lowest BCUT2D eigenvalue weighted by molar-refractivity contribution is 0.474. The molecule has 1 aromatic heterocycles. The van der Waals surface area contributed by atoms with Gasteiger partial charge in [0.05, 0.1) is 10.6 Å². The van der Waals surface area contributed by atoms with Crippen LogP contribution >= 0.6 is 23.2 Å². The van der Waals surface area contributed by atoms with Gasteiger partial charge in [0.2, 0.25) is 5.89 Å². The molecule has 1 heterocycles. The van der Waals surface area contributed by atoms with Crippen LogP contribution in [0.4, 0.5) is 5.69 Å². The molecule has 0 atom stereocenters. The number of oxazole rings is 1. The summed E-state index contributed by atoms with van der Waals surface area (Å²) in [6.07, 6.45) is 0. The molecule has 0 spiro atoms. The van der Waals surface area contributed by atoms with E-state index in [1.165, 1.54) is 6.07 Å². The maximum absolute atomic E-state index is 9.85. The van der Waals surface area contributed by atoms with E-state index >= 15 is 0 Å². The van der Waals surface area contributed by atoms with Gasteiger partial charge < -0.3 is 15.3 Å². The number of hydrogen-bond acceptors (Lipinski definition) is 4. The first-order chi connectivity index (χ1) is 9.04. The molecule has 0 amide bonds. The highest BCUT2D eigenvalue weighted by Gasteiger charge is 2.14. The van der Waals surface area contributed by atoms with Gasteiger partial charge in [0, 0.05) is 16.8 Å². The van der Waals surface area contributed by atoms with Gasteiger partial charge in [0.25, 0.3) is 0 Å². The van der Waals surface area contributed by atoms with Crippen molar-refractivity contribution in [1.29, 1.82) is 0 Å². The zero-order chi connectivity index (χ0) is 13.6. The van der Waals surface area contributed by atoms with Gasteiger partial charge in [0.15, 0.2) is 5.58 Å². The Morgan fingerprint density at radius 3 is 2.68 bits per heavy atom. The Morgan fingerprint density at radius 2 is 1.95 bits per heavy atom. The highest BCUT2D eigenvalue weighted by atomic mass is 35.5. The van der Waals surface area contributed by atoms with Crippen molar-refractivity contribution in [3.63, 3.8) is 0 Å². The largest absolute Gasteiger partial charge is 0.507 e. The Kier molecular flexibility index (Phi) is 2.77. The van der Waals surface area contributed by atoms with Crippen LogP contribution in [0.25, 0.3) is 22.6 Å². The van der Waals surface area contributed by atoms with E-state index in [0.29, 0.717) is 32.4 Å². The van der Waals surface area contributed by atoms with Gasteiger partial charge in [-0.1, -0.05) is 23.2 Å². The Labute approximate surface area is 118 Å². The molecule has 3 aromatic rings. The first-order valence-corrected chi connectivity index (χ1v) is 6.14. The zero-order valence-corrected chi connectivity index (χ0v) is 11.0. The summed E-state index contributed by atoms with van der Waals surface area (Å²) in [5, 5.41) is 10.7. The number of anilines is 1. The summed E-state index contributed by atoms with van der Waals surface area (Å²) in [7, 11) is 0. The summed E-state index contributed by atoms with van der Waals surface area (Å²) in [5.41, 5.74) is 7.43. The Balaban J connectivity index is 2.23. The van der Waals surface area contributed by atoms with Crippen molar-refractivity contribution >= 4 is 40.0 Å². The first kappa shape index (κ1) is 12.1. The molecule has 0 aliphatic heterocycles. The summed E-state index contributed by atoms with van der Waals surface area (Å²) in [5.74, 6) is 0.255. The summed E-state index contributed by atoms with van der Waals surface area (Å²) < 4.78 is 5.56. The van der Waals surface area contributed by atoms with Crippen molar-refractivity contribution in [2.45, 2.75) is 0 Å². The molecule has 2 aromatic carbocycles. The molecule has 0 saturated heterocycles. The van der Waals surface area contributed by atoms with E-state index in [4.69, 9.17) is 33.4 Å². The van der Waals surface area contributed by atoms with Crippen molar-refractivity contribution in [3.8, 4) is 17.2 Å². The van der Waals surface area contributed by atoms with E-state index in [1.54, 1.807) is 24.3 Å². The van der Waals surface area contributed by atoms with E-state index in [2.05, 4.69) is 4.98 Å². The standard InChI is InChI=1S/C13H8Cl2N2O2/c14-6-3-9(15)12-10(4-6)17-13(19-12)8-2-1-7(16)5-11(8)18/h1-5,18H,16H2. The average molecular weight is 295 g/mol. The summed E-state index contributed by atoms with van der Waals surface area (Å²) >= 11 is 11.9. The average Bonchev–Trinajstić information content (AvgIpc) is 2.72. The fraction of sp³-hybridized carbons (Fsp3) is 0. The summed E-state index contributed by atoms with van der Waals surface area (Å²) in [6, 6.07) is 7.93. The van der Waals surface area contributed by atoms with Crippen LogP contribution in [0.1, 0.15) is 0 Å². The van der Waals surface area contributed by atoms with Gasteiger partial charge in [-0.25, -0.2) is 4.98 Å². The minimum Gasteiger partial charge on any atom is -0.507 e. The molecule has 3 rings (SSSR count). The number of phenolic OH excluding ortho intramolecular Hbond substituents is 1. The van der Waals surface area contributed by atoms with Crippen LogP contribution in [0.15, 0.2) is 34.7 Å². The second kappa shape index (κ2) is 4.33. The Hall–Kier alpha value is -1.91. The molecule has 0 aliphatic rings. The fourth-order valence-corrected chi connectivity index (χ4v) is 2.33. The highest BCUT2D eigenvalue weighted by Crippen LogP contribution is 2.35. The predicted molar refractivity (Wildman–Crippen MR) is 75.5 cm³/mol. The lowest BCUT2D eigenvalue weighted by Crippen LogP contribution is -1.85. The predicted octanol–water partition coefficient (Wildman–Crippen LogP) is 4.09. The number of nitrogens with two attached hydrogens (primary N) is 1. The molecular weight excluding hydrogens is 287 g/mol. The first-order valence-electron chi connectivity index (χ1n) is 5.39. The van der Waals surface area contributed by atoms with E-state index in [-0.39, 0.29) is 11.6 Å². The van der Waals surface area contributed by atoms with E-state index in [0.717, 1.165) is 0 Å². The SMILES string of the molecule is Nc1ccc(-c2nc3cc(Cl)cc(Cl)c3o2)c(O)c1. The van der Waals surface area contributed by atoms with Gasteiger partial charge >= 0.3 is 0 Å². The molecule has 0 aliphatic carbocycles. The van der Waals surface area contributed by atoms with Gasteiger partial charge in [-0.3, -0.25) is 0 Å². The van der Waals surface area contributed by atoms with Crippen LogP contribution in [0.5, 0.6) is 5.75 Å². The Morgan fingerprint density at radius 1 is 1.16 bits per heavy atom. The van der Waals surface area contributed by atoms with Gasteiger partial charge in [-0.05, 0) is 24.3 Å². The number of phenols is 1. The third-order valence-corrected chi connectivity index (χ3v) is 3.16. The van der Waals surface area contributed by atoms with Crippen LogP contribution in [0.2, 0.25) is 10.0 Å². The number of fused-ring (bicyclic) bond motifs is 1. The molecule has 0 radical (unpaired) electrons. The number of nitrogen functional groups attached to an aromatic ring is 1. The van der Waals surface area contributed by atoms with Crippen LogP contribution in [-0.2, 0) is 0 Å². The summed E-state index contributed by atoms with van der Waals surface area (Å²) in [6.45, 7) is 0. The van der Waals surface area contributed by atoms with Crippen molar-refractivity contribution in [3.05, 3.63) is 40.4 Å². The number of benzene rings is 2. The van der Waals surface area contributed by atoms with Crippen LogP contribution in [-0.4, -0.2) is 10.1 Å². The van der Waals surface area contributed by atoms with E-state index in [1.807, 2.05) is 0 Å². The smallest absolute Gasteiger partial charge is 0.231 e. The third kappa shape index (κ3) is 2.09. The molecule has 0 fully saturated rings. The fourth-order valence-electron chi connectivity index (χ4n) is 1.80. The van der Waals surface area contributed by atoms with Crippen molar-refractivity contribution in [2.75, 3.05) is 5.73 Å². The molecule has 6 heteroatoms. The molecule has 0 unspecified atom stereocenters. The monoisotopic (exact) mass is 294 g/mol. The normalized spacial score (nSPS) is 11.1. The zero-order valence-electron chi connectivity index (χ0n) is 9.52. The maximum Gasteiger partial charge on any atom is 0.231 e. The van der Waals surface area contributed by atoms with E-state index < -0.39 is 0 Å². The van der Waals surface area contributed by atoms with Crippen LogP contribution < -0.4 is 5.73 Å². The lowest BCUT2D eigenvalue weighted by atomic mass is 10.2. The molecule has 0 saturated carbocycles. The van der Waals surface area contributed by atoms with Crippen molar-refractivity contribution in [2.24, 2.45) is 0 Å². The number of aromatic nitrogens is 1. The molecule has 4 nitrogen and oxygen atoms in total. The lowest BCUT2D eigenvalue weighted by Gasteiger charge is -2.00. The Bertz CT molecular complexity index is 784.